The van der Waals surface area contributed by atoms with Gasteiger partial charge in [0.15, 0.2) is 5.65 Å². The van der Waals surface area contributed by atoms with Crippen molar-refractivity contribution in [3.63, 3.8) is 0 Å². The van der Waals surface area contributed by atoms with Gasteiger partial charge in [0.1, 0.15) is 5.82 Å². The molecular formula is C20H16FN5O. The van der Waals surface area contributed by atoms with Crippen LogP contribution >= 0.6 is 0 Å². The van der Waals surface area contributed by atoms with Gasteiger partial charge in [0.25, 0.3) is 0 Å². The summed E-state index contributed by atoms with van der Waals surface area (Å²) in [5.74, 6) is 0.0393. The van der Waals surface area contributed by atoms with Crippen LogP contribution in [0.3, 0.4) is 0 Å². The molecule has 1 amide bonds. The van der Waals surface area contributed by atoms with E-state index in [1.807, 2.05) is 30.3 Å². The van der Waals surface area contributed by atoms with Crippen molar-refractivity contribution >= 4 is 28.9 Å². The molecule has 0 bridgehead atoms. The third-order valence-electron chi connectivity index (χ3n) is 3.96. The van der Waals surface area contributed by atoms with Gasteiger partial charge in [0.05, 0.1) is 5.69 Å². The molecule has 27 heavy (non-hydrogen) atoms. The van der Waals surface area contributed by atoms with Crippen LogP contribution in [0, 0.1) is 5.82 Å². The maximum Gasteiger partial charge on any atom is 0.247 e. The SMILES string of the molecule is CC(=O)Nc1ccc(Nc2nc3cccc(-c4ccc(F)cc4)n3n2)cc1. The number of rotatable bonds is 4. The maximum atomic E-state index is 13.2. The van der Waals surface area contributed by atoms with E-state index in [2.05, 4.69) is 20.7 Å². The van der Waals surface area contributed by atoms with Gasteiger partial charge in [-0.15, -0.1) is 5.10 Å². The van der Waals surface area contributed by atoms with Crippen LogP contribution in [0.1, 0.15) is 6.92 Å². The molecule has 7 heteroatoms. The predicted molar refractivity (Wildman–Crippen MR) is 102 cm³/mol. The Labute approximate surface area is 154 Å². The van der Waals surface area contributed by atoms with Gasteiger partial charge in [-0.25, -0.2) is 8.91 Å². The third kappa shape index (κ3) is 3.62. The maximum absolute atomic E-state index is 13.2. The Balaban J connectivity index is 1.63. The second-order valence-corrected chi connectivity index (χ2v) is 6.01. The zero-order valence-electron chi connectivity index (χ0n) is 14.5. The van der Waals surface area contributed by atoms with Crippen molar-refractivity contribution in [2.75, 3.05) is 10.6 Å². The van der Waals surface area contributed by atoms with Crippen molar-refractivity contribution in [3.8, 4) is 11.3 Å². The van der Waals surface area contributed by atoms with Crippen LogP contribution in [0.2, 0.25) is 0 Å². The summed E-state index contributed by atoms with van der Waals surface area (Å²) in [4.78, 5) is 15.6. The molecule has 4 rings (SSSR count). The summed E-state index contributed by atoms with van der Waals surface area (Å²) >= 11 is 0. The van der Waals surface area contributed by atoms with Crippen LogP contribution < -0.4 is 10.6 Å². The van der Waals surface area contributed by atoms with E-state index >= 15 is 0 Å². The normalized spacial score (nSPS) is 10.7. The number of pyridine rings is 1. The number of halogens is 1. The molecule has 2 heterocycles. The summed E-state index contributed by atoms with van der Waals surface area (Å²) in [6.07, 6.45) is 0. The fraction of sp³-hybridized carbons (Fsp3) is 0.0500. The zero-order chi connectivity index (χ0) is 18.8. The van der Waals surface area contributed by atoms with Gasteiger partial charge in [-0.05, 0) is 60.7 Å². The van der Waals surface area contributed by atoms with Gasteiger partial charge in [-0.1, -0.05) is 6.07 Å². The Morgan fingerprint density at radius 2 is 1.67 bits per heavy atom. The van der Waals surface area contributed by atoms with Crippen molar-refractivity contribution in [2.45, 2.75) is 6.92 Å². The number of aromatic nitrogens is 3. The average molecular weight is 361 g/mol. The molecule has 0 aliphatic carbocycles. The molecule has 134 valence electrons. The molecule has 2 aromatic carbocycles. The standard InChI is InChI=1S/C20H16FN5O/c1-13(27)22-16-9-11-17(12-10-16)23-20-24-19-4-2-3-18(26(19)25-20)14-5-7-15(21)8-6-14/h2-12H,1H3,(H,22,27)(H,23,25). The number of hydrogen-bond donors (Lipinski definition) is 2. The molecule has 6 nitrogen and oxygen atoms in total. The molecule has 2 N–H and O–H groups in total. The Bertz CT molecular complexity index is 1100. The predicted octanol–water partition coefficient (Wildman–Crippen LogP) is 4.24. The summed E-state index contributed by atoms with van der Waals surface area (Å²) in [6.45, 7) is 1.46. The van der Waals surface area contributed by atoms with Gasteiger partial charge < -0.3 is 10.6 Å². The first-order valence-electron chi connectivity index (χ1n) is 8.35. The number of fused-ring (bicyclic) bond motifs is 1. The van der Waals surface area contributed by atoms with E-state index in [0.29, 0.717) is 11.6 Å². The molecule has 0 saturated heterocycles. The Morgan fingerprint density at radius 3 is 2.37 bits per heavy atom. The number of amides is 1. The van der Waals surface area contributed by atoms with Crippen LogP contribution in [0.15, 0.2) is 66.7 Å². The number of carbonyl (C=O) groups excluding carboxylic acids is 1. The van der Waals surface area contributed by atoms with Crippen molar-refractivity contribution in [2.24, 2.45) is 0 Å². The Kier molecular flexibility index (Phi) is 4.25. The fourth-order valence-electron chi connectivity index (χ4n) is 2.77. The number of carbonyl (C=O) groups is 1. The van der Waals surface area contributed by atoms with E-state index in [-0.39, 0.29) is 11.7 Å². The van der Waals surface area contributed by atoms with E-state index in [9.17, 15) is 9.18 Å². The van der Waals surface area contributed by atoms with Crippen molar-refractivity contribution in [1.29, 1.82) is 0 Å². The monoisotopic (exact) mass is 361 g/mol. The molecular weight excluding hydrogens is 345 g/mol. The van der Waals surface area contributed by atoms with Crippen LogP contribution in [0.4, 0.5) is 21.7 Å². The third-order valence-corrected chi connectivity index (χ3v) is 3.96. The van der Waals surface area contributed by atoms with E-state index in [4.69, 9.17) is 0 Å². The topological polar surface area (TPSA) is 71.3 Å². The smallest absolute Gasteiger partial charge is 0.247 e. The van der Waals surface area contributed by atoms with E-state index in [0.717, 1.165) is 22.6 Å². The second-order valence-electron chi connectivity index (χ2n) is 6.01. The number of anilines is 3. The van der Waals surface area contributed by atoms with Crippen LogP contribution in [0.25, 0.3) is 16.9 Å². The van der Waals surface area contributed by atoms with Gasteiger partial charge in [-0.3, -0.25) is 4.79 Å². The first-order valence-corrected chi connectivity index (χ1v) is 8.35. The lowest BCUT2D eigenvalue weighted by molar-refractivity contribution is -0.114. The number of nitrogens with zero attached hydrogens (tertiary/aromatic N) is 3. The molecule has 4 aromatic rings. The molecule has 0 unspecified atom stereocenters. The zero-order valence-corrected chi connectivity index (χ0v) is 14.5. The molecule has 2 aromatic heterocycles. The Morgan fingerprint density at radius 1 is 0.963 bits per heavy atom. The van der Waals surface area contributed by atoms with Gasteiger partial charge >= 0.3 is 0 Å². The summed E-state index contributed by atoms with van der Waals surface area (Å²) in [7, 11) is 0. The molecule has 0 aliphatic rings. The lowest BCUT2D eigenvalue weighted by atomic mass is 10.1. The summed E-state index contributed by atoms with van der Waals surface area (Å²) < 4.78 is 14.9. The first kappa shape index (κ1) is 16.7. The quantitative estimate of drug-likeness (QED) is 0.570. The molecule has 0 radical (unpaired) electrons. The second kappa shape index (κ2) is 6.87. The highest BCUT2D eigenvalue weighted by atomic mass is 19.1. The molecule has 0 fully saturated rings. The molecule has 0 atom stereocenters. The van der Waals surface area contributed by atoms with E-state index in [1.54, 1.807) is 28.8 Å². The largest absolute Gasteiger partial charge is 0.326 e. The van der Waals surface area contributed by atoms with Crippen LogP contribution in [-0.4, -0.2) is 20.5 Å². The van der Waals surface area contributed by atoms with Gasteiger partial charge in [0.2, 0.25) is 11.9 Å². The van der Waals surface area contributed by atoms with Gasteiger partial charge in [0, 0.05) is 23.9 Å². The van der Waals surface area contributed by atoms with Crippen LogP contribution in [-0.2, 0) is 4.79 Å². The van der Waals surface area contributed by atoms with Crippen molar-refractivity contribution in [3.05, 3.63) is 72.5 Å². The minimum Gasteiger partial charge on any atom is -0.326 e. The summed E-state index contributed by atoms with van der Waals surface area (Å²) in [5, 5.41) is 10.4. The van der Waals surface area contributed by atoms with E-state index < -0.39 is 0 Å². The minimum absolute atomic E-state index is 0.119. The molecule has 0 aliphatic heterocycles. The molecule has 0 saturated carbocycles. The highest BCUT2D eigenvalue weighted by Crippen LogP contribution is 2.22. The van der Waals surface area contributed by atoms with E-state index in [1.165, 1.54) is 19.1 Å². The Hall–Kier alpha value is -3.74. The van der Waals surface area contributed by atoms with Crippen molar-refractivity contribution < 1.29 is 9.18 Å². The summed E-state index contributed by atoms with van der Waals surface area (Å²) in [5.41, 5.74) is 3.85. The van der Waals surface area contributed by atoms with Crippen molar-refractivity contribution in [1.82, 2.24) is 14.6 Å². The average Bonchev–Trinajstić information content (AvgIpc) is 3.06. The number of benzene rings is 2. The number of hydrogen-bond acceptors (Lipinski definition) is 4. The lowest BCUT2D eigenvalue weighted by Gasteiger charge is -2.05. The summed E-state index contributed by atoms with van der Waals surface area (Å²) in [6, 6.07) is 19.1. The highest BCUT2D eigenvalue weighted by molar-refractivity contribution is 5.88. The number of nitrogens with one attached hydrogen (secondary N) is 2. The minimum atomic E-state index is -0.283. The van der Waals surface area contributed by atoms with Gasteiger partial charge in [-0.2, -0.15) is 4.98 Å². The fourth-order valence-corrected chi connectivity index (χ4v) is 2.77. The molecule has 0 spiro atoms. The lowest BCUT2D eigenvalue weighted by Crippen LogP contribution is -2.05. The van der Waals surface area contributed by atoms with Crippen LogP contribution in [0.5, 0.6) is 0 Å². The first-order chi connectivity index (χ1) is 13.1. The highest BCUT2D eigenvalue weighted by Gasteiger charge is 2.09.